The van der Waals surface area contributed by atoms with E-state index in [1.54, 1.807) is 6.92 Å². The summed E-state index contributed by atoms with van der Waals surface area (Å²) in [5, 5.41) is 25.8. The van der Waals surface area contributed by atoms with E-state index in [1.165, 1.54) is 6.07 Å². The van der Waals surface area contributed by atoms with Crippen molar-refractivity contribution in [1.29, 1.82) is 0 Å². The van der Waals surface area contributed by atoms with E-state index < -0.39 is 27.1 Å². The normalized spacial score (nSPS) is 11.0. The molecule has 0 aliphatic carbocycles. The highest BCUT2D eigenvalue weighted by Crippen LogP contribution is 2.24. The van der Waals surface area contributed by atoms with Gasteiger partial charge in [0.05, 0.1) is 22.3 Å². The first kappa shape index (κ1) is 18.7. The van der Waals surface area contributed by atoms with Crippen LogP contribution in [0.25, 0.3) is 0 Å². The molecule has 0 saturated heterocycles. The summed E-state index contributed by atoms with van der Waals surface area (Å²) in [7, 11) is 0. The molecule has 0 bridgehead atoms. The molecule has 2 aromatic rings. The maximum Gasteiger partial charge on any atom is 0.279 e. The van der Waals surface area contributed by atoms with Crippen molar-refractivity contribution in [2.75, 3.05) is 0 Å². The maximum atomic E-state index is 12.0. The third-order valence-electron chi connectivity index (χ3n) is 3.50. The molecule has 2 rings (SSSR count). The zero-order chi connectivity index (χ0) is 19.1. The average molecular weight is 356 g/mol. The van der Waals surface area contributed by atoms with Crippen molar-refractivity contribution in [2.45, 2.75) is 19.8 Å². The Hall–Kier alpha value is -3.62. The first-order valence-electron chi connectivity index (χ1n) is 7.64. The lowest BCUT2D eigenvalue weighted by atomic mass is 10.1. The molecule has 26 heavy (non-hydrogen) atoms. The lowest BCUT2D eigenvalue weighted by Crippen LogP contribution is -2.22. The fourth-order valence-corrected chi connectivity index (χ4v) is 2.29. The smallest absolute Gasteiger partial charge is 0.273 e. The molecule has 0 aliphatic rings. The van der Waals surface area contributed by atoms with Gasteiger partial charge in [0.15, 0.2) is 0 Å². The van der Waals surface area contributed by atoms with Crippen molar-refractivity contribution in [3.8, 4) is 0 Å². The molecule has 1 N–H and O–H groups in total. The molecule has 0 atom stereocenters. The number of hydrogen-bond donors (Lipinski definition) is 1. The summed E-state index contributed by atoms with van der Waals surface area (Å²) in [5.74, 6) is -0.547. The number of benzene rings is 2. The van der Waals surface area contributed by atoms with Crippen molar-refractivity contribution in [3.05, 3.63) is 79.9 Å². The van der Waals surface area contributed by atoms with Gasteiger partial charge in [0, 0.05) is 23.8 Å². The molecule has 1 amide bonds. The Balaban J connectivity index is 2.04. The third kappa shape index (κ3) is 5.20. The minimum Gasteiger partial charge on any atom is -0.273 e. The molecule has 0 radical (unpaired) electrons. The summed E-state index contributed by atoms with van der Waals surface area (Å²) in [5.41, 5.74) is 3.25. The fourth-order valence-electron chi connectivity index (χ4n) is 2.29. The van der Waals surface area contributed by atoms with Crippen LogP contribution in [0.2, 0.25) is 0 Å². The SMILES string of the molecule is CC(Cc1ccccc1)=NNC(=O)Cc1ccc([N+](=O)[O-])cc1[N+](=O)[O-]. The van der Waals surface area contributed by atoms with E-state index in [0.29, 0.717) is 12.1 Å². The van der Waals surface area contributed by atoms with Crippen molar-refractivity contribution < 1.29 is 14.6 Å². The number of carbonyl (C=O) groups is 1. The van der Waals surface area contributed by atoms with Crippen LogP contribution < -0.4 is 5.43 Å². The number of nitrogens with zero attached hydrogens (tertiary/aromatic N) is 3. The van der Waals surface area contributed by atoms with E-state index in [1.807, 2.05) is 30.3 Å². The number of nitro benzene ring substituents is 2. The minimum atomic E-state index is -0.750. The summed E-state index contributed by atoms with van der Waals surface area (Å²) >= 11 is 0. The van der Waals surface area contributed by atoms with Gasteiger partial charge in [-0.3, -0.25) is 25.0 Å². The van der Waals surface area contributed by atoms with Gasteiger partial charge in [-0.1, -0.05) is 30.3 Å². The van der Waals surface area contributed by atoms with Gasteiger partial charge in [-0.2, -0.15) is 5.10 Å². The van der Waals surface area contributed by atoms with Gasteiger partial charge in [0.2, 0.25) is 5.91 Å². The molecule has 2 aromatic carbocycles. The second-order valence-electron chi connectivity index (χ2n) is 5.55. The second-order valence-corrected chi connectivity index (χ2v) is 5.55. The number of nitrogens with one attached hydrogen (secondary N) is 1. The molecule has 9 heteroatoms. The van der Waals surface area contributed by atoms with E-state index in [0.717, 1.165) is 17.7 Å². The number of non-ortho nitro benzene ring substituents is 1. The van der Waals surface area contributed by atoms with Crippen LogP contribution in [0.15, 0.2) is 53.6 Å². The van der Waals surface area contributed by atoms with Crippen LogP contribution in [0.1, 0.15) is 18.1 Å². The highest BCUT2D eigenvalue weighted by atomic mass is 16.6. The molecular formula is C17H16N4O5. The minimum absolute atomic E-state index is 0.0778. The molecule has 0 spiro atoms. The Morgan fingerprint density at radius 1 is 1.04 bits per heavy atom. The summed E-state index contributed by atoms with van der Waals surface area (Å²) in [6.07, 6.45) is 0.245. The van der Waals surface area contributed by atoms with Gasteiger partial charge in [0.25, 0.3) is 11.4 Å². The van der Waals surface area contributed by atoms with Crippen molar-refractivity contribution >= 4 is 23.0 Å². The molecule has 0 unspecified atom stereocenters. The van der Waals surface area contributed by atoms with Gasteiger partial charge >= 0.3 is 0 Å². The average Bonchev–Trinajstić information content (AvgIpc) is 2.61. The quantitative estimate of drug-likeness (QED) is 0.463. The lowest BCUT2D eigenvalue weighted by Gasteiger charge is -2.04. The number of rotatable bonds is 7. The second kappa shape index (κ2) is 8.47. The monoisotopic (exact) mass is 356 g/mol. The maximum absolute atomic E-state index is 12.0. The third-order valence-corrected chi connectivity index (χ3v) is 3.50. The summed E-state index contributed by atoms with van der Waals surface area (Å²) in [6, 6.07) is 12.7. The van der Waals surface area contributed by atoms with E-state index in [-0.39, 0.29) is 12.0 Å². The van der Waals surface area contributed by atoms with Crippen LogP contribution in [0.3, 0.4) is 0 Å². The van der Waals surface area contributed by atoms with Crippen molar-refractivity contribution in [1.82, 2.24) is 5.43 Å². The molecule has 0 saturated carbocycles. The van der Waals surface area contributed by atoms with E-state index in [2.05, 4.69) is 10.5 Å². The first-order chi connectivity index (χ1) is 12.4. The van der Waals surface area contributed by atoms with Crippen molar-refractivity contribution in [2.24, 2.45) is 5.10 Å². The predicted molar refractivity (Wildman–Crippen MR) is 94.9 cm³/mol. The number of nitro groups is 2. The number of amides is 1. The van der Waals surface area contributed by atoms with Crippen molar-refractivity contribution in [3.63, 3.8) is 0 Å². The van der Waals surface area contributed by atoms with Crippen LogP contribution in [0.4, 0.5) is 11.4 Å². The molecular weight excluding hydrogens is 340 g/mol. The van der Waals surface area contributed by atoms with Gasteiger partial charge in [-0.05, 0) is 18.6 Å². The van der Waals surface area contributed by atoms with Crippen LogP contribution in [-0.2, 0) is 17.6 Å². The van der Waals surface area contributed by atoms with E-state index >= 15 is 0 Å². The van der Waals surface area contributed by atoms with Crippen LogP contribution >= 0.6 is 0 Å². The summed E-state index contributed by atoms with van der Waals surface area (Å²) < 4.78 is 0. The Bertz CT molecular complexity index is 865. The van der Waals surface area contributed by atoms with Gasteiger partial charge in [0.1, 0.15) is 0 Å². The zero-order valence-corrected chi connectivity index (χ0v) is 13.9. The molecule has 134 valence electrons. The van der Waals surface area contributed by atoms with Gasteiger partial charge < -0.3 is 0 Å². The molecule has 9 nitrogen and oxygen atoms in total. The standard InChI is InChI=1S/C17H16N4O5/c1-12(9-13-5-3-2-4-6-13)18-19-17(22)10-14-7-8-15(20(23)24)11-16(14)21(25)26/h2-8,11H,9-10H2,1H3,(H,19,22). The zero-order valence-electron chi connectivity index (χ0n) is 13.9. The largest absolute Gasteiger partial charge is 0.279 e. The molecule has 0 fully saturated rings. The summed E-state index contributed by atoms with van der Waals surface area (Å²) in [4.78, 5) is 32.3. The van der Waals surface area contributed by atoms with Gasteiger partial charge in [-0.25, -0.2) is 5.43 Å². The number of hydrazone groups is 1. The highest BCUT2D eigenvalue weighted by Gasteiger charge is 2.21. The molecule has 0 heterocycles. The van der Waals surface area contributed by atoms with Crippen LogP contribution in [0, 0.1) is 20.2 Å². The van der Waals surface area contributed by atoms with Crippen LogP contribution in [-0.4, -0.2) is 21.5 Å². The number of hydrogen-bond acceptors (Lipinski definition) is 6. The van der Waals surface area contributed by atoms with Gasteiger partial charge in [-0.15, -0.1) is 0 Å². The molecule has 0 aromatic heterocycles. The van der Waals surface area contributed by atoms with Crippen LogP contribution in [0.5, 0.6) is 0 Å². The Kier molecular flexibility index (Phi) is 6.10. The Morgan fingerprint density at radius 2 is 1.73 bits per heavy atom. The molecule has 0 aliphatic heterocycles. The Labute approximate surface area is 148 Å². The first-order valence-corrected chi connectivity index (χ1v) is 7.64. The summed E-state index contributed by atoms with van der Waals surface area (Å²) in [6.45, 7) is 1.75. The Morgan fingerprint density at radius 3 is 2.35 bits per heavy atom. The fraction of sp³-hybridized carbons (Fsp3) is 0.176. The topological polar surface area (TPSA) is 128 Å². The number of carbonyl (C=O) groups excluding carboxylic acids is 1. The van der Waals surface area contributed by atoms with E-state index in [9.17, 15) is 25.0 Å². The van der Waals surface area contributed by atoms with E-state index in [4.69, 9.17) is 0 Å². The predicted octanol–water partition coefficient (Wildman–Crippen LogP) is 2.78. The highest BCUT2D eigenvalue weighted by molar-refractivity contribution is 5.86. The lowest BCUT2D eigenvalue weighted by molar-refractivity contribution is -0.394.